The van der Waals surface area contributed by atoms with Crippen LogP contribution in [0.2, 0.25) is 0 Å². The van der Waals surface area contributed by atoms with E-state index in [2.05, 4.69) is 22.9 Å². The van der Waals surface area contributed by atoms with Crippen LogP contribution >= 0.6 is 11.3 Å². The van der Waals surface area contributed by atoms with E-state index in [1.165, 1.54) is 0 Å². The topological polar surface area (TPSA) is 123 Å². The van der Waals surface area contributed by atoms with Gasteiger partial charge in [-0.1, -0.05) is 26.7 Å². The van der Waals surface area contributed by atoms with Crippen LogP contribution in [0.4, 0.5) is 0 Å². The molecule has 1 saturated carbocycles. The van der Waals surface area contributed by atoms with E-state index < -0.39 is 18.0 Å². The number of nitrogens with one attached hydrogen (secondary N) is 3. The summed E-state index contributed by atoms with van der Waals surface area (Å²) in [7, 11) is 1.55. The van der Waals surface area contributed by atoms with Gasteiger partial charge in [-0.25, -0.2) is 0 Å². The Labute approximate surface area is 204 Å². The quantitative estimate of drug-likeness (QED) is 0.406. The second-order valence-corrected chi connectivity index (χ2v) is 10.5. The first kappa shape index (κ1) is 26.3. The van der Waals surface area contributed by atoms with Crippen LogP contribution in [0.25, 0.3) is 0 Å². The Bertz CT molecular complexity index is 895. The molecule has 3 N–H and O–H groups in total. The summed E-state index contributed by atoms with van der Waals surface area (Å²) in [6.45, 7) is 4.80. The van der Waals surface area contributed by atoms with Gasteiger partial charge in [0.25, 0.3) is 11.8 Å². The zero-order valence-electron chi connectivity index (χ0n) is 20.1. The van der Waals surface area contributed by atoms with Crippen LogP contribution in [0.3, 0.4) is 0 Å². The maximum Gasteiger partial charge on any atom is 0.262 e. The summed E-state index contributed by atoms with van der Waals surface area (Å²) in [5, 5.41) is 8.42. The fourth-order valence-electron chi connectivity index (χ4n) is 4.66. The minimum absolute atomic E-state index is 0.0113. The predicted molar refractivity (Wildman–Crippen MR) is 128 cm³/mol. The van der Waals surface area contributed by atoms with Crippen LogP contribution in [0, 0.1) is 5.41 Å². The molecule has 3 rings (SSSR count). The summed E-state index contributed by atoms with van der Waals surface area (Å²) >= 11 is 1.07. The average Bonchev–Trinajstić information content (AvgIpc) is 3.54. The minimum atomic E-state index is -0.789. The molecule has 1 aromatic heterocycles. The van der Waals surface area contributed by atoms with E-state index in [1.807, 2.05) is 6.92 Å². The molecule has 1 unspecified atom stereocenters. The normalized spacial score (nSPS) is 22.4. The number of rotatable bonds is 11. The molecule has 1 saturated heterocycles. The van der Waals surface area contributed by atoms with Gasteiger partial charge in [0.1, 0.15) is 18.7 Å². The van der Waals surface area contributed by atoms with Gasteiger partial charge in [-0.15, -0.1) is 11.3 Å². The Kier molecular flexibility index (Phi) is 9.21. The molecule has 2 aliphatic rings. The maximum atomic E-state index is 13.3. The zero-order valence-corrected chi connectivity index (χ0v) is 20.9. The Hall–Kier alpha value is -2.30. The van der Waals surface area contributed by atoms with Gasteiger partial charge >= 0.3 is 0 Å². The number of thiophene rings is 1. The van der Waals surface area contributed by atoms with Crippen LogP contribution in [0.15, 0.2) is 12.1 Å². The van der Waals surface area contributed by atoms with E-state index >= 15 is 0 Å². The van der Waals surface area contributed by atoms with E-state index in [1.54, 1.807) is 19.2 Å². The Morgan fingerprint density at radius 3 is 2.53 bits per heavy atom. The van der Waals surface area contributed by atoms with Crippen molar-refractivity contribution in [3.8, 4) is 0 Å². The number of methoxy groups -OCH3 is 1. The van der Waals surface area contributed by atoms with Crippen molar-refractivity contribution < 1.29 is 28.7 Å². The van der Waals surface area contributed by atoms with Gasteiger partial charge in [0, 0.05) is 13.7 Å². The molecule has 1 aliphatic heterocycles. The average molecular weight is 494 g/mol. The third kappa shape index (κ3) is 6.64. The van der Waals surface area contributed by atoms with Gasteiger partial charge in [0.2, 0.25) is 5.91 Å². The van der Waals surface area contributed by atoms with Crippen LogP contribution in [-0.4, -0.2) is 68.6 Å². The molecule has 1 aromatic rings. The largest absolute Gasteiger partial charge is 0.383 e. The molecule has 188 valence electrons. The molecule has 0 spiro atoms. The molecule has 9 nitrogen and oxygen atoms in total. The lowest BCUT2D eigenvalue weighted by molar-refractivity contribution is -0.128. The van der Waals surface area contributed by atoms with E-state index in [9.17, 15) is 19.2 Å². The fraction of sp³-hybridized carbons (Fsp3) is 0.667. The van der Waals surface area contributed by atoms with Crippen molar-refractivity contribution in [1.29, 1.82) is 0 Å². The molecular weight excluding hydrogens is 458 g/mol. The number of carbonyl (C=O) groups excluding carboxylic acids is 4. The first-order chi connectivity index (χ1) is 16.3. The van der Waals surface area contributed by atoms with Crippen molar-refractivity contribution in [2.24, 2.45) is 5.41 Å². The Morgan fingerprint density at radius 1 is 1.21 bits per heavy atom. The summed E-state index contributed by atoms with van der Waals surface area (Å²) in [5.74, 6) is -1.22. The highest BCUT2D eigenvalue weighted by atomic mass is 32.1. The van der Waals surface area contributed by atoms with E-state index in [4.69, 9.17) is 9.47 Å². The van der Waals surface area contributed by atoms with Gasteiger partial charge < -0.3 is 25.4 Å². The van der Waals surface area contributed by atoms with Crippen molar-refractivity contribution in [2.45, 2.75) is 70.6 Å². The van der Waals surface area contributed by atoms with Gasteiger partial charge in [-0.2, -0.15) is 0 Å². The van der Waals surface area contributed by atoms with Gasteiger partial charge in [-0.3, -0.25) is 19.2 Å². The summed E-state index contributed by atoms with van der Waals surface area (Å²) < 4.78 is 10.4. The smallest absolute Gasteiger partial charge is 0.262 e. The molecular formula is C24H35N3O6S. The molecule has 3 amide bonds. The lowest BCUT2D eigenvalue weighted by Crippen LogP contribution is -2.54. The summed E-state index contributed by atoms with van der Waals surface area (Å²) in [6.07, 6.45) is 4.90. The van der Waals surface area contributed by atoms with Crippen LogP contribution in [-0.2, 0) is 19.1 Å². The van der Waals surface area contributed by atoms with Crippen molar-refractivity contribution >= 4 is 34.8 Å². The zero-order chi connectivity index (χ0) is 24.7. The summed E-state index contributed by atoms with van der Waals surface area (Å²) in [5.41, 5.74) is -0.0581. The van der Waals surface area contributed by atoms with Gasteiger partial charge in [0.15, 0.2) is 5.78 Å². The molecule has 10 heteroatoms. The van der Waals surface area contributed by atoms with Crippen LogP contribution in [0.1, 0.15) is 71.7 Å². The van der Waals surface area contributed by atoms with Crippen molar-refractivity contribution in [3.05, 3.63) is 21.9 Å². The fourth-order valence-corrected chi connectivity index (χ4v) is 5.49. The monoisotopic (exact) mass is 493 g/mol. The van der Waals surface area contributed by atoms with Crippen molar-refractivity contribution in [3.63, 3.8) is 0 Å². The highest BCUT2D eigenvalue weighted by Crippen LogP contribution is 2.41. The molecule has 2 heterocycles. The summed E-state index contributed by atoms with van der Waals surface area (Å²) in [4.78, 5) is 51.5. The highest BCUT2D eigenvalue weighted by molar-refractivity contribution is 7.15. The maximum absolute atomic E-state index is 13.3. The molecule has 0 radical (unpaired) electrons. The van der Waals surface area contributed by atoms with Crippen LogP contribution in [0.5, 0.6) is 0 Å². The highest BCUT2D eigenvalue weighted by Gasteiger charge is 2.40. The van der Waals surface area contributed by atoms with E-state index in [-0.39, 0.29) is 35.7 Å². The Morgan fingerprint density at radius 2 is 1.88 bits per heavy atom. The van der Waals surface area contributed by atoms with Crippen molar-refractivity contribution in [2.75, 3.05) is 26.9 Å². The van der Waals surface area contributed by atoms with E-state index in [0.29, 0.717) is 35.7 Å². The number of Topliss-reactive ketones (excluding diaryl/α,β-unsaturated/α-hetero) is 1. The lowest BCUT2D eigenvalue weighted by atomic mass is 9.81. The Balaban J connectivity index is 1.70. The number of hydrogen-bond donors (Lipinski definition) is 3. The SMILES string of the molecule is CC[C@@H]1OCC(=O)C1NC(=O)[C@H](CC1(C)CCCC1)NC(=O)c1ccc(C(=O)NCCOC)s1. The summed E-state index contributed by atoms with van der Waals surface area (Å²) in [6, 6.07) is 1.69. The first-order valence-electron chi connectivity index (χ1n) is 11.9. The van der Waals surface area contributed by atoms with E-state index in [0.717, 1.165) is 37.0 Å². The third-order valence-corrected chi connectivity index (χ3v) is 7.72. The number of ether oxygens (including phenoxy) is 2. The minimum Gasteiger partial charge on any atom is -0.383 e. The number of carbonyl (C=O) groups is 4. The molecule has 0 bridgehead atoms. The molecule has 3 atom stereocenters. The van der Waals surface area contributed by atoms with Crippen molar-refractivity contribution in [1.82, 2.24) is 16.0 Å². The molecule has 1 aliphatic carbocycles. The third-order valence-electron chi connectivity index (χ3n) is 6.63. The second kappa shape index (κ2) is 11.9. The standard InChI is InChI=1S/C24H35N3O6S/c1-4-17-20(16(28)14-33-17)27-21(29)15(13-24(2)9-5-6-10-24)26-23(31)19-8-7-18(34-19)22(30)25-11-12-32-3/h7-8,15,17,20H,4-6,9-14H2,1-3H3,(H,25,30)(H,26,31)(H,27,29)/t15-,17-,20?/m0/s1. The molecule has 2 fully saturated rings. The van der Waals surface area contributed by atoms with Gasteiger partial charge in [-0.05, 0) is 43.2 Å². The first-order valence-corrected chi connectivity index (χ1v) is 12.7. The lowest BCUT2D eigenvalue weighted by Gasteiger charge is -2.30. The number of ketones is 1. The number of amides is 3. The molecule has 34 heavy (non-hydrogen) atoms. The van der Waals surface area contributed by atoms with Gasteiger partial charge in [0.05, 0.1) is 22.5 Å². The second-order valence-electron chi connectivity index (χ2n) is 9.37. The predicted octanol–water partition coefficient (Wildman–Crippen LogP) is 2.06. The van der Waals surface area contributed by atoms with Crippen LogP contribution < -0.4 is 16.0 Å². The molecule has 0 aromatic carbocycles. The number of hydrogen-bond acceptors (Lipinski definition) is 7.